The second kappa shape index (κ2) is 6.63. The molecule has 1 aliphatic rings. The summed E-state index contributed by atoms with van der Waals surface area (Å²) in [5, 5.41) is 13.7. The maximum absolute atomic E-state index is 12.9. The first-order valence-electron chi connectivity index (χ1n) is 8.50. The molecule has 4 rings (SSSR count). The van der Waals surface area contributed by atoms with Crippen molar-refractivity contribution >= 4 is 34.4 Å². The number of carbonyl (C=O) groups is 2. The summed E-state index contributed by atoms with van der Waals surface area (Å²) in [6, 6.07) is 11.8. The number of carboxylic acids is 1. The van der Waals surface area contributed by atoms with E-state index in [0.29, 0.717) is 29.5 Å². The van der Waals surface area contributed by atoms with Crippen molar-refractivity contribution in [2.24, 2.45) is 7.05 Å². The Morgan fingerprint density at radius 1 is 1.22 bits per heavy atom. The third-order valence-corrected chi connectivity index (χ3v) is 5.08. The number of fused-ring (bicyclic) bond motifs is 2. The highest BCUT2D eigenvalue weighted by molar-refractivity contribution is 6.31. The summed E-state index contributed by atoms with van der Waals surface area (Å²) in [5.41, 5.74) is 2.35. The number of aromatic carboxylic acids is 1. The molecule has 1 atom stereocenters. The molecule has 1 aromatic heterocycles. The van der Waals surface area contributed by atoms with Gasteiger partial charge in [0.1, 0.15) is 11.4 Å². The fraction of sp³-hybridized carbons (Fsp3) is 0.200. The van der Waals surface area contributed by atoms with Gasteiger partial charge in [-0.05, 0) is 30.3 Å². The average molecular weight is 385 g/mol. The zero-order valence-corrected chi connectivity index (χ0v) is 15.3. The Kier molecular flexibility index (Phi) is 4.28. The number of ether oxygens (including phenoxy) is 1. The minimum atomic E-state index is -1.01. The third-order valence-electron chi connectivity index (χ3n) is 4.85. The minimum absolute atomic E-state index is 0.159. The predicted octanol–water partition coefficient (Wildman–Crippen LogP) is 3.78. The van der Waals surface area contributed by atoms with Crippen LogP contribution in [0.25, 0.3) is 10.9 Å². The Hall–Kier alpha value is -2.99. The SMILES string of the molecule is Cn1c(C(=O)NC2CCOc3cc(C(=O)O)ccc32)cc2ccc(Cl)cc21. The van der Waals surface area contributed by atoms with Gasteiger partial charge in [0.05, 0.1) is 18.2 Å². The summed E-state index contributed by atoms with van der Waals surface area (Å²) in [5.74, 6) is -0.720. The topological polar surface area (TPSA) is 80.6 Å². The Bertz CT molecular complexity index is 1070. The first kappa shape index (κ1) is 17.4. The number of carboxylic acid groups (broad SMARTS) is 1. The number of benzene rings is 2. The highest BCUT2D eigenvalue weighted by Crippen LogP contribution is 2.33. The third kappa shape index (κ3) is 3.13. The van der Waals surface area contributed by atoms with Crippen molar-refractivity contribution in [2.45, 2.75) is 12.5 Å². The monoisotopic (exact) mass is 384 g/mol. The summed E-state index contributed by atoms with van der Waals surface area (Å²) in [4.78, 5) is 24.0. The number of amides is 1. The molecular formula is C20H17ClN2O4. The van der Waals surface area contributed by atoms with Gasteiger partial charge in [0.25, 0.3) is 5.91 Å². The van der Waals surface area contributed by atoms with Crippen LogP contribution in [0.1, 0.15) is 38.9 Å². The van der Waals surface area contributed by atoms with Crippen LogP contribution in [0.3, 0.4) is 0 Å². The van der Waals surface area contributed by atoms with Gasteiger partial charge in [0.15, 0.2) is 0 Å². The summed E-state index contributed by atoms with van der Waals surface area (Å²) in [6.45, 7) is 0.408. The van der Waals surface area contributed by atoms with E-state index in [9.17, 15) is 9.59 Å². The van der Waals surface area contributed by atoms with Gasteiger partial charge < -0.3 is 19.7 Å². The van der Waals surface area contributed by atoms with Gasteiger partial charge in [-0.2, -0.15) is 0 Å². The molecule has 1 unspecified atom stereocenters. The number of rotatable bonds is 3. The van der Waals surface area contributed by atoms with E-state index < -0.39 is 5.97 Å². The van der Waals surface area contributed by atoms with E-state index in [1.165, 1.54) is 12.1 Å². The molecule has 0 spiro atoms. The Morgan fingerprint density at radius 2 is 2.04 bits per heavy atom. The largest absolute Gasteiger partial charge is 0.493 e. The molecule has 1 amide bonds. The van der Waals surface area contributed by atoms with E-state index in [1.54, 1.807) is 12.1 Å². The number of carbonyl (C=O) groups excluding carboxylic acids is 1. The quantitative estimate of drug-likeness (QED) is 0.720. The maximum Gasteiger partial charge on any atom is 0.335 e. The van der Waals surface area contributed by atoms with Crippen molar-refractivity contribution in [1.82, 2.24) is 9.88 Å². The number of hydrogen-bond donors (Lipinski definition) is 2. The smallest absolute Gasteiger partial charge is 0.335 e. The highest BCUT2D eigenvalue weighted by Gasteiger charge is 2.25. The van der Waals surface area contributed by atoms with E-state index in [4.69, 9.17) is 21.4 Å². The number of aryl methyl sites for hydroxylation is 1. The molecule has 3 aromatic rings. The van der Waals surface area contributed by atoms with Crippen LogP contribution in [0.2, 0.25) is 5.02 Å². The van der Waals surface area contributed by atoms with Crippen LogP contribution in [0.4, 0.5) is 0 Å². The lowest BCUT2D eigenvalue weighted by atomic mass is 9.98. The number of halogens is 1. The molecule has 2 heterocycles. The zero-order valence-electron chi connectivity index (χ0n) is 14.5. The number of nitrogens with one attached hydrogen (secondary N) is 1. The molecule has 27 heavy (non-hydrogen) atoms. The van der Waals surface area contributed by atoms with Gasteiger partial charge in [0, 0.05) is 35.0 Å². The van der Waals surface area contributed by atoms with E-state index in [0.717, 1.165) is 16.5 Å². The molecule has 0 radical (unpaired) electrons. The van der Waals surface area contributed by atoms with Crippen LogP contribution in [0.15, 0.2) is 42.5 Å². The van der Waals surface area contributed by atoms with Crippen LogP contribution < -0.4 is 10.1 Å². The molecule has 2 aromatic carbocycles. The molecule has 2 N–H and O–H groups in total. The first-order valence-corrected chi connectivity index (χ1v) is 8.88. The lowest BCUT2D eigenvalue weighted by Crippen LogP contribution is -2.33. The Balaban J connectivity index is 1.63. The van der Waals surface area contributed by atoms with Crippen LogP contribution >= 0.6 is 11.6 Å². The van der Waals surface area contributed by atoms with E-state index in [-0.39, 0.29) is 17.5 Å². The summed E-state index contributed by atoms with van der Waals surface area (Å²) < 4.78 is 7.39. The van der Waals surface area contributed by atoms with Gasteiger partial charge in [-0.1, -0.05) is 23.7 Å². The Labute approximate surface area is 160 Å². The van der Waals surface area contributed by atoms with Crippen molar-refractivity contribution in [3.05, 3.63) is 64.3 Å². The molecule has 6 nitrogen and oxygen atoms in total. The average Bonchev–Trinajstić information content (AvgIpc) is 2.98. The van der Waals surface area contributed by atoms with Crippen molar-refractivity contribution in [3.8, 4) is 5.75 Å². The molecule has 138 valence electrons. The second-order valence-corrected chi connectivity index (χ2v) is 6.95. The van der Waals surface area contributed by atoms with Crippen LogP contribution in [-0.2, 0) is 7.05 Å². The fourth-order valence-corrected chi connectivity index (χ4v) is 3.59. The normalized spacial score (nSPS) is 15.9. The molecule has 0 saturated carbocycles. The minimum Gasteiger partial charge on any atom is -0.493 e. The molecule has 7 heteroatoms. The van der Waals surface area contributed by atoms with E-state index >= 15 is 0 Å². The predicted molar refractivity (Wildman–Crippen MR) is 102 cm³/mol. The van der Waals surface area contributed by atoms with Crippen molar-refractivity contribution in [3.63, 3.8) is 0 Å². The Morgan fingerprint density at radius 3 is 2.81 bits per heavy atom. The standard InChI is InChI=1S/C20H17ClN2O4/c1-23-16-10-13(21)4-2-11(16)8-17(23)19(24)22-15-6-7-27-18-9-12(20(25)26)3-5-14(15)18/h2-5,8-10,15H,6-7H2,1H3,(H,22,24)(H,25,26). The van der Waals surface area contributed by atoms with Gasteiger partial charge in [-0.3, -0.25) is 4.79 Å². The van der Waals surface area contributed by atoms with Crippen LogP contribution in [-0.4, -0.2) is 28.2 Å². The van der Waals surface area contributed by atoms with Crippen molar-refractivity contribution in [2.75, 3.05) is 6.61 Å². The molecule has 0 bridgehead atoms. The van der Waals surface area contributed by atoms with Crippen molar-refractivity contribution < 1.29 is 19.4 Å². The van der Waals surface area contributed by atoms with Crippen molar-refractivity contribution in [1.29, 1.82) is 0 Å². The molecule has 0 saturated heterocycles. The molecule has 0 aliphatic carbocycles. The molecular weight excluding hydrogens is 368 g/mol. The molecule has 0 fully saturated rings. The first-order chi connectivity index (χ1) is 12.9. The lowest BCUT2D eigenvalue weighted by Gasteiger charge is -2.27. The number of nitrogens with zero attached hydrogens (tertiary/aromatic N) is 1. The van der Waals surface area contributed by atoms with Gasteiger partial charge in [-0.25, -0.2) is 4.79 Å². The summed E-state index contributed by atoms with van der Waals surface area (Å²) >= 11 is 6.06. The summed E-state index contributed by atoms with van der Waals surface area (Å²) in [7, 11) is 1.82. The van der Waals surface area contributed by atoms with E-state index in [2.05, 4.69) is 5.32 Å². The maximum atomic E-state index is 12.9. The van der Waals surface area contributed by atoms with Crippen LogP contribution in [0.5, 0.6) is 5.75 Å². The van der Waals surface area contributed by atoms with Gasteiger partial charge >= 0.3 is 5.97 Å². The summed E-state index contributed by atoms with van der Waals surface area (Å²) in [6.07, 6.45) is 0.612. The lowest BCUT2D eigenvalue weighted by molar-refractivity contribution is 0.0695. The van der Waals surface area contributed by atoms with Gasteiger partial charge in [0.2, 0.25) is 0 Å². The molecule has 1 aliphatic heterocycles. The zero-order chi connectivity index (χ0) is 19.1. The second-order valence-electron chi connectivity index (χ2n) is 6.51. The fourth-order valence-electron chi connectivity index (χ4n) is 3.43. The van der Waals surface area contributed by atoms with Crippen LogP contribution in [0, 0.1) is 0 Å². The number of aromatic nitrogens is 1. The van der Waals surface area contributed by atoms with Gasteiger partial charge in [-0.15, -0.1) is 0 Å². The highest BCUT2D eigenvalue weighted by atomic mass is 35.5. The number of hydrogen-bond acceptors (Lipinski definition) is 3. The van der Waals surface area contributed by atoms with E-state index in [1.807, 2.05) is 29.8 Å².